The van der Waals surface area contributed by atoms with Crippen LogP contribution >= 0.6 is 15.9 Å². The van der Waals surface area contributed by atoms with Gasteiger partial charge in [0.05, 0.1) is 0 Å². The zero-order valence-electron chi connectivity index (χ0n) is 14.1. The van der Waals surface area contributed by atoms with Gasteiger partial charge in [0.15, 0.2) is 6.04 Å². The minimum atomic E-state index is -4.73. The Hall–Kier alpha value is -3.12. The number of alkyl halides is 3. The fourth-order valence-corrected chi connectivity index (χ4v) is 3.07. The standard InChI is InChI=1S/C19H12BrF3N4O/c20-14-4-1-3-11(8-14)16(19(21,22)23)27-18(28)12(9-24)7-13-10-26-17-15(13)5-2-6-25-17/h1-8,10,16H,(H,25,26)(H,27,28)/b12-7+. The van der Waals surface area contributed by atoms with E-state index in [4.69, 9.17) is 0 Å². The van der Waals surface area contributed by atoms with Crippen molar-refractivity contribution in [3.05, 3.63) is 70.0 Å². The number of pyridine rings is 1. The van der Waals surface area contributed by atoms with E-state index in [0.29, 0.717) is 21.1 Å². The maximum atomic E-state index is 13.5. The normalized spacial score (nSPS) is 13.2. The number of aromatic amines is 1. The lowest BCUT2D eigenvalue weighted by molar-refractivity contribution is -0.162. The molecule has 2 N–H and O–H groups in total. The molecular weight excluding hydrogens is 437 g/mol. The Bertz CT molecular complexity index is 1100. The molecule has 0 aliphatic heterocycles. The molecule has 1 aromatic carbocycles. The van der Waals surface area contributed by atoms with Gasteiger partial charge in [-0.25, -0.2) is 4.98 Å². The summed E-state index contributed by atoms with van der Waals surface area (Å²) in [6.45, 7) is 0. The Morgan fingerprint density at radius 2 is 2.11 bits per heavy atom. The molecule has 142 valence electrons. The number of carbonyl (C=O) groups is 1. The quantitative estimate of drug-likeness (QED) is 0.450. The van der Waals surface area contributed by atoms with Gasteiger partial charge in [-0.1, -0.05) is 28.1 Å². The molecule has 0 bridgehead atoms. The van der Waals surface area contributed by atoms with Crippen LogP contribution in [-0.2, 0) is 4.79 Å². The van der Waals surface area contributed by atoms with Crippen molar-refractivity contribution in [3.8, 4) is 6.07 Å². The Labute approximate surface area is 166 Å². The number of H-pyrrole nitrogens is 1. The number of nitriles is 1. The van der Waals surface area contributed by atoms with Gasteiger partial charge in [-0.2, -0.15) is 18.4 Å². The molecule has 3 rings (SSSR count). The van der Waals surface area contributed by atoms with Gasteiger partial charge < -0.3 is 10.3 Å². The smallest absolute Gasteiger partial charge is 0.346 e. The Morgan fingerprint density at radius 1 is 1.32 bits per heavy atom. The van der Waals surface area contributed by atoms with Gasteiger partial charge in [0.1, 0.15) is 17.3 Å². The third kappa shape index (κ3) is 4.23. The van der Waals surface area contributed by atoms with Crippen LogP contribution in [0.3, 0.4) is 0 Å². The van der Waals surface area contributed by atoms with E-state index < -0.39 is 23.7 Å². The maximum absolute atomic E-state index is 13.5. The van der Waals surface area contributed by atoms with Crippen LogP contribution in [0.5, 0.6) is 0 Å². The van der Waals surface area contributed by atoms with Crippen molar-refractivity contribution in [2.75, 3.05) is 0 Å². The summed E-state index contributed by atoms with van der Waals surface area (Å²) in [5.74, 6) is -1.12. The second kappa shape index (κ2) is 7.86. The van der Waals surface area contributed by atoms with Gasteiger partial charge in [0.2, 0.25) is 0 Å². The molecule has 9 heteroatoms. The van der Waals surface area contributed by atoms with Gasteiger partial charge in [-0.3, -0.25) is 4.79 Å². The first-order chi connectivity index (χ1) is 13.3. The summed E-state index contributed by atoms with van der Waals surface area (Å²) >= 11 is 3.12. The van der Waals surface area contributed by atoms with E-state index in [9.17, 15) is 23.2 Å². The number of fused-ring (bicyclic) bond motifs is 1. The van der Waals surface area contributed by atoms with Crippen LogP contribution < -0.4 is 5.32 Å². The first-order valence-electron chi connectivity index (χ1n) is 7.96. The predicted octanol–water partition coefficient (Wildman–Crippen LogP) is 4.65. The van der Waals surface area contributed by atoms with E-state index in [0.717, 1.165) is 0 Å². The number of nitrogens with one attached hydrogen (secondary N) is 2. The highest BCUT2D eigenvalue weighted by molar-refractivity contribution is 9.10. The Balaban J connectivity index is 1.93. The van der Waals surface area contributed by atoms with Crippen LogP contribution in [0, 0.1) is 11.3 Å². The monoisotopic (exact) mass is 448 g/mol. The molecule has 0 aliphatic carbocycles. The van der Waals surface area contributed by atoms with Crippen molar-refractivity contribution in [3.63, 3.8) is 0 Å². The van der Waals surface area contributed by atoms with Crippen LogP contribution in [-0.4, -0.2) is 22.1 Å². The van der Waals surface area contributed by atoms with Crippen molar-refractivity contribution in [1.29, 1.82) is 5.26 Å². The number of halogens is 4. The molecule has 0 saturated heterocycles. The fraction of sp³-hybridized carbons (Fsp3) is 0.105. The zero-order chi connectivity index (χ0) is 20.3. The van der Waals surface area contributed by atoms with E-state index in [2.05, 4.69) is 25.9 Å². The Morgan fingerprint density at radius 3 is 2.79 bits per heavy atom. The summed E-state index contributed by atoms with van der Waals surface area (Å²) in [4.78, 5) is 19.4. The van der Waals surface area contributed by atoms with E-state index in [-0.39, 0.29) is 5.56 Å². The molecule has 2 aromatic heterocycles. The fourth-order valence-electron chi connectivity index (χ4n) is 2.65. The van der Waals surface area contributed by atoms with Crippen molar-refractivity contribution in [2.45, 2.75) is 12.2 Å². The molecule has 1 atom stereocenters. The number of carbonyl (C=O) groups excluding carboxylic acids is 1. The third-order valence-electron chi connectivity index (χ3n) is 3.93. The topological polar surface area (TPSA) is 81.6 Å². The number of nitrogens with zero attached hydrogens (tertiary/aromatic N) is 2. The molecule has 3 aromatic rings. The van der Waals surface area contributed by atoms with Gasteiger partial charge in [-0.05, 0) is 35.9 Å². The third-order valence-corrected chi connectivity index (χ3v) is 4.43. The minimum absolute atomic E-state index is 0.149. The maximum Gasteiger partial charge on any atom is 0.412 e. The molecule has 2 heterocycles. The van der Waals surface area contributed by atoms with Crippen LogP contribution in [0.15, 0.2) is 58.8 Å². The van der Waals surface area contributed by atoms with Gasteiger partial charge in [0, 0.05) is 27.8 Å². The van der Waals surface area contributed by atoms with Crippen LogP contribution in [0.25, 0.3) is 17.1 Å². The van der Waals surface area contributed by atoms with Crippen LogP contribution in [0.1, 0.15) is 17.2 Å². The second-order valence-corrected chi connectivity index (χ2v) is 6.73. The zero-order valence-corrected chi connectivity index (χ0v) is 15.7. The number of amides is 1. The van der Waals surface area contributed by atoms with Gasteiger partial charge in [-0.15, -0.1) is 0 Å². The lowest BCUT2D eigenvalue weighted by Crippen LogP contribution is -2.38. The van der Waals surface area contributed by atoms with E-state index in [1.54, 1.807) is 30.5 Å². The number of rotatable bonds is 4. The highest BCUT2D eigenvalue weighted by Gasteiger charge is 2.42. The van der Waals surface area contributed by atoms with E-state index >= 15 is 0 Å². The molecule has 0 aliphatic rings. The summed E-state index contributed by atoms with van der Waals surface area (Å²) in [5, 5.41) is 11.9. The molecule has 1 amide bonds. The van der Waals surface area contributed by atoms with Crippen LogP contribution in [0.2, 0.25) is 0 Å². The molecule has 1 unspecified atom stereocenters. The number of aromatic nitrogens is 2. The van der Waals surface area contributed by atoms with Crippen LogP contribution in [0.4, 0.5) is 13.2 Å². The van der Waals surface area contributed by atoms with E-state index in [1.165, 1.54) is 30.5 Å². The van der Waals surface area contributed by atoms with Gasteiger partial charge >= 0.3 is 6.18 Å². The summed E-state index contributed by atoms with van der Waals surface area (Å²) in [6, 6.07) is 8.33. The van der Waals surface area contributed by atoms with Crippen molar-refractivity contribution >= 4 is 38.9 Å². The van der Waals surface area contributed by atoms with Crippen molar-refractivity contribution in [1.82, 2.24) is 15.3 Å². The summed E-state index contributed by atoms with van der Waals surface area (Å²) in [5.41, 5.74) is 0.410. The first kappa shape index (κ1) is 19.6. The molecule has 0 spiro atoms. The SMILES string of the molecule is N#C/C(=C\c1c[nH]c2ncccc12)C(=O)NC(c1cccc(Br)c1)C(F)(F)F. The number of hydrogen-bond acceptors (Lipinski definition) is 3. The molecule has 0 fully saturated rings. The van der Waals surface area contributed by atoms with Crippen molar-refractivity contribution < 1.29 is 18.0 Å². The van der Waals surface area contributed by atoms with Gasteiger partial charge in [0.25, 0.3) is 5.91 Å². The Kier molecular flexibility index (Phi) is 5.51. The van der Waals surface area contributed by atoms with E-state index in [1.807, 2.05) is 5.32 Å². The number of hydrogen-bond donors (Lipinski definition) is 2. The summed E-state index contributed by atoms with van der Waals surface area (Å²) in [7, 11) is 0. The lowest BCUT2D eigenvalue weighted by atomic mass is 10.1. The molecule has 0 radical (unpaired) electrons. The minimum Gasteiger partial charge on any atom is -0.346 e. The number of benzene rings is 1. The molecular formula is C19H12BrF3N4O. The lowest BCUT2D eigenvalue weighted by Gasteiger charge is -2.22. The largest absolute Gasteiger partial charge is 0.412 e. The first-order valence-corrected chi connectivity index (χ1v) is 8.76. The van der Waals surface area contributed by atoms with Crippen molar-refractivity contribution in [2.24, 2.45) is 0 Å². The highest BCUT2D eigenvalue weighted by Crippen LogP contribution is 2.34. The average Bonchev–Trinajstić information content (AvgIpc) is 3.06. The average molecular weight is 449 g/mol. The predicted molar refractivity (Wildman–Crippen MR) is 101 cm³/mol. The second-order valence-electron chi connectivity index (χ2n) is 5.82. The molecule has 28 heavy (non-hydrogen) atoms. The molecule has 0 saturated carbocycles. The summed E-state index contributed by atoms with van der Waals surface area (Å²) in [6.07, 6.45) is -0.417. The highest BCUT2D eigenvalue weighted by atomic mass is 79.9. The summed E-state index contributed by atoms with van der Waals surface area (Å²) < 4.78 is 41.0. The molecule has 5 nitrogen and oxygen atoms in total.